The quantitative estimate of drug-likeness (QED) is 0.692. The average Bonchev–Trinajstić information content (AvgIpc) is 3.17. The normalized spacial score (nSPS) is 23.9. The molecule has 3 rings (SSSR count). The summed E-state index contributed by atoms with van der Waals surface area (Å²) in [6, 6.07) is 6.93. The lowest BCUT2D eigenvalue weighted by atomic mass is 10.2. The van der Waals surface area contributed by atoms with Gasteiger partial charge >= 0.3 is 0 Å². The maximum absolute atomic E-state index is 12.5. The molecule has 2 N–H and O–H groups in total. The van der Waals surface area contributed by atoms with Gasteiger partial charge in [0, 0.05) is 30.0 Å². The van der Waals surface area contributed by atoms with Crippen LogP contribution in [0.2, 0.25) is 0 Å². The SMILES string of the molecule is COc1ccccc1/C=C1\SC(=O)N(CCC(=O)N[C@H]2CSC[C@@H]2O)C1=O. The van der Waals surface area contributed by atoms with Crippen LogP contribution in [-0.2, 0) is 9.59 Å². The molecule has 9 heteroatoms. The molecule has 0 bridgehead atoms. The number of carbonyl (C=O) groups excluding carboxylic acids is 3. The molecule has 1 aromatic carbocycles. The number of amides is 3. The number of methoxy groups -OCH3 is 1. The second-order valence-corrected chi connectivity index (χ2v) is 8.17. The van der Waals surface area contributed by atoms with E-state index in [2.05, 4.69) is 5.32 Å². The molecular formula is C18H20N2O5S2. The summed E-state index contributed by atoms with van der Waals surface area (Å²) >= 11 is 2.42. The summed E-state index contributed by atoms with van der Waals surface area (Å²) in [6.45, 7) is 0.00965. The van der Waals surface area contributed by atoms with Crippen LogP contribution in [0.1, 0.15) is 12.0 Å². The fraction of sp³-hybridized carbons (Fsp3) is 0.389. The van der Waals surface area contributed by atoms with Gasteiger partial charge in [-0.25, -0.2) is 0 Å². The zero-order valence-electron chi connectivity index (χ0n) is 14.7. The van der Waals surface area contributed by atoms with Crippen molar-refractivity contribution < 1.29 is 24.2 Å². The van der Waals surface area contributed by atoms with Crippen molar-refractivity contribution in [3.8, 4) is 5.75 Å². The zero-order chi connectivity index (χ0) is 19.4. The second-order valence-electron chi connectivity index (χ2n) is 6.10. The number of imide groups is 1. The number of carbonyl (C=O) groups is 3. The number of ether oxygens (including phenoxy) is 1. The van der Waals surface area contributed by atoms with Crippen LogP contribution < -0.4 is 10.1 Å². The van der Waals surface area contributed by atoms with E-state index in [-0.39, 0.29) is 24.9 Å². The summed E-state index contributed by atoms with van der Waals surface area (Å²) in [4.78, 5) is 38.1. The topological polar surface area (TPSA) is 95.9 Å². The van der Waals surface area contributed by atoms with E-state index in [0.29, 0.717) is 27.7 Å². The number of nitrogens with one attached hydrogen (secondary N) is 1. The molecular weight excluding hydrogens is 388 g/mol. The highest BCUT2D eigenvalue weighted by Crippen LogP contribution is 2.34. The van der Waals surface area contributed by atoms with Gasteiger partial charge in [-0.05, 0) is 23.9 Å². The number of nitrogens with zero attached hydrogens (tertiary/aromatic N) is 1. The summed E-state index contributed by atoms with van der Waals surface area (Å²) in [5, 5.41) is 12.1. The average molecular weight is 409 g/mol. The van der Waals surface area contributed by atoms with E-state index in [9.17, 15) is 19.5 Å². The third kappa shape index (κ3) is 4.66. The Hall–Kier alpha value is -1.97. The van der Waals surface area contributed by atoms with Gasteiger partial charge in [-0.1, -0.05) is 18.2 Å². The number of rotatable bonds is 6. The molecule has 2 heterocycles. The summed E-state index contributed by atoms with van der Waals surface area (Å²) in [6.07, 6.45) is 1.07. The molecule has 7 nitrogen and oxygen atoms in total. The minimum Gasteiger partial charge on any atom is -0.496 e. The van der Waals surface area contributed by atoms with Gasteiger partial charge in [0.2, 0.25) is 5.91 Å². The molecule has 0 aromatic heterocycles. The van der Waals surface area contributed by atoms with Crippen molar-refractivity contribution in [1.29, 1.82) is 0 Å². The summed E-state index contributed by atoms with van der Waals surface area (Å²) in [5.74, 6) is 1.17. The van der Waals surface area contributed by atoms with Crippen LogP contribution in [0.5, 0.6) is 5.75 Å². The highest BCUT2D eigenvalue weighted by Gasteiger charge is 2.35. The van der Waals surface area contributed by atoms with Crippen LogP contribution in [0.15, 0.2) is 29.2 Å². The minimum atomic E-state index is -0.556. The van der Waals surface area contributed by atoms with Crippen LogP contribution in [0, 0.1) is 0 Å². The van der Waals surface area contributed by atoms with E-state index >= 15 is 0 Å². The number of hydrogen-bond acceptors (Lipinski definition) is 7. The first kappa shape index (κ1) is 19.8. The largest absolute Gasteiger partial charge is 0.496 e. The molecule has 0 spiro atoms. The first-order chi connectivity index (χ1) is 13.0. The van der Waals surface area contributed by atoms with E-state index in [0.717, 1.165) is 16.7 Å². The Kier molecular flexibility index (Phi) is 6.46. The van der Waals surface area contributed by atoms with Crippen LogP contribution in [0.3, 0.4) is 0 Å². The van der Waals surface area contributed by atoms with Crippen molar-refractivity contribution in [3.63, 3.8) is 0 Å². The third-order valence-corrected chi connectivity index (χ3v) is 6.34. The van der Waals surface area contributed by atoms with Gasteiger partial charge < -0.3 is 15.2 Å². The van der Waals surface area contributed by atoms with Crippen molar-refractivity contribution in [2.45, 2.75) is 18.6 Å². The van der Waals surface area contributed by atoms with Crippen LogP contribution in [-0.4, -0.2) is 64.4 Å². The number of para-hydroxylation sites is 1. The fourth-order valence-electron chi connectivity index (χ4n) is 2.79. The predicted molar refractivity (Wildman–Crippen MR) is 106 cm³/mol. The van der Waals surface area contributed by atoms with Crippen LogP contribution in [0.25, 0.3) is 6.08 Å². The number of hydrogen-bond donors (Lipinski definition) is 2. The molecule has 144 valence electrons. The molecule has 2 aliphatic rings. The Balaban J connectivity index is 1.61. The second kappa shape index (κ2) is 8.81. The molecule has 0 saturated carbocycles. The lowest BCUT2D eigenvalue weighted by molar-refractivity contribution is -0.124. The van der Waals surface area contributed by atoms with Crippen molar-refractivity contribution in [1.82, 2.24) is 10.2 Å². The molecule has 2 atom stereocenters. The highest BCUT2D eigenvalue weighted by molar-refractivity contribution is 8.18. The summed E-state index contributed by atoms with van der Waals surface area (Å²) in [7, 11) is 1.54. The van der Waals surface area contributed by atoms with Crippen molar-refractivity contribution in [2.75, 3.05) is 25.2 Å². The first-order valence-electron chi connectivity index (χ1n) is 8.43. The number of thioether (sulfide) groups is 2. The fourth-order valence-corrected chi connectivity index (χ4v) is 4.82. The van der Waals surface area contributed by atoms with Crippen LogP contribution >= 0.6 is 23.5 Å². The molecule has 2 saturated heterocycles. The predicted octanol–water partition coefficient (Wildman–Crippen LogP) is 1.71. The third-order valence-electron chi connectivity index (χ3n) is 4.26. The molecule has 0 radical (unpaired) electrons. The number of aliphatic hydroxyl groups is 1. The van der Waals surface area contributed by atoms with E-state index in [1.165, 1.54) is 7.11 Å². The van der Waals surface area contributed by atoms with Crippen LogP contribution in [0.4, 0.5) is 4.79 Å². The maximum atomic E-state index is 12.5. The monoisotopic (exact) mass is 408 g/mol. The molecule has 0 aliphatic carbocycles. The molecule has 0 unspecified atom stereocenters. The lowest BCUT2D eigenvalue weighted by Gasteiger charge is -2.17. The van der Waals surface area contributed by atoms with Gasteiger partial charge in [0.15, 0.2) is 0 Å². The Bertz CT molecular complexity index is 783. The molecule has 3 amide bonds. The van der Waals surface area contributed by atoms with Crippen molar-refractivity contribution in [3.05, 3.63) is 34.7 Å². The van der Waals surface area contributed by atoms with E-state index in [4.69, 9.17) is 4.74 Å². The van der Waals surface area contributed by atoms with Gasteiger partial charge in [0.05, 0.1) is 24.2 Å². The van der Waals surface area contributed by atoms with Gasteiger partial charge in [-0.3, -0.25) is 19.3 Å². The molecule has 2 fully saturated rings. The zero-order valence-corrected chi connectivity index (χ0v) is 16.3. The Morgan fingerprint density at radius 1 is 1.37 bits per heavy atom. The molecule has 1 aromatic rings. The van der Waals surface area contributed by atoms with E-state index in [1.54, 1.807) is 30.0 Å². The van der Waals surface area contributed by atoms with Gasteiger partial charge in [0.25, 0.3) is 11.1 Å². The molecule has 27 heavy (non-hydrogen) atoms. The van der Waals surface area contributed by atoms with E-state index < -0.39 is 17.3 Å². The highest BCUT2D eigenvalue weighted by atomic mass is 32.2. The van der Waals surface area contributed by atoms with Crippen molar-refractivity contribution in [2.24, 2.45) is 0 Å². The number of aliphatic hydroxyl groups excluding tert-OH is 1. The Labute approximate surface area is 165 Å². The van der Waals surface area contributed by atoms with E-state index in [1.807, 2.05) is 12.1 Å². The molecule has 2 aliphatic heterocycles. The Morgan fingerprint density at radius 3 is 2.85 bits per heavy atom. The Morgan fingerprint density at radius 2 is 2.15 bits per heavy atom. The minimum absolute atomic E-state index is 0.00780. The summed E-state index contributed by atoms with van der Waals surface area (Å²) in [5.41, 5.74) is 0.705. The van der Waals surface area contributed by atoms with Gasteiger partial charge in [0.1, 0.15) is 5.75 Å². The lowest BCUT2D eigenvalue weighted by Crippen LogP contribution is -2.43. The standard InChI is InChI=1S/C18H20N2O5S2/c1-25-14-5-3-2-4-11(14)8-15-17(23)20(18(24)27-15)7-6-16(22)19-12-9-26-10-13(12)21/h2-5,8,12-13,21H,6-7,9-10H2,1H3,(H,19,22)/b15-8-/t12-,13-/m0/s1. The maximum Gasteiger partial charge on any atom is 0.293 e. The van der Waals surface area contributed by atoms with Gasteiger partial charge in [-0.2, -0.15) is 11.8 Å². The van der Waals surface area contributed by atoms with Gasteiger partial charge in [-0.15, -0.1) is 0 Å². The van der Waals surface area contributed by atoms with Crippen molar-refractivity contribution >= 4 is 46.7 Å². The number of benzene rings is 1. The first-order valence-corrected chi connectivity index (χ1v) is 10.4. The smallest absolute Gasteiger partial charge is 0.293 e. The summed E-state index contributed by atoms with van der Waals surface area (Å²) < 4.78 is 5.26.